The molecule has 3 aromatic rings. The summed E-state index contributed by atoms with van der Waals surface area (Å²) < 4.78 is 5.26. The molecule has 1 aromatic heterocycles. The van der Waals surface area contributed by atoms with E-state index < -0.39 is 0 Å². The number of ether oxygens (including phenoxy) is 1. The molecule has 0 unspecified atom stereocenters. The zero-order valence-electron chi connectivity index (χ0n) is 19.7. The molecule has 0 bridgehead atoms. The van der Waals surface area contributed by atoms with Gasteiger partial charge in [0.15, 0.2) is 5.13 Å². The standard InChI is InChI=1S/C26H28N4O4S/c1-3-34-16-8-15-27-25(33)20-9-7-10-21(17-20)28-24(32)14-13-22-18-35-26(29-22)30(19(2)31)23-11-5-4-6-12-23/h4-7,9-14,17-18H,3,8,15-16H2,1-2H3,(H,27,33)(H,28,32). The van der Waals surface area contributed by atoms with Gasteiger partial charge in [-0.15, -0.1) is 11.3 Å². The van der Waals surface area contributed by atoms with Gasteiger partial charge in [0.2, 0.25) is 11.8 Å². The summed E-state index contributed by atoms with van der Waals surface area (Å²) in [5.41, 5.74) is 2.24. The number of rotatable bonds is 11. The van der Waals surface area contributed by atoms with Crippen LogP contribution in [0.25, 0.3) is 6.08 Å². The minimum Gasteiger partial charge on any atom is -0.382 e. The van der Waals surface area contributed by atoms with E-state index in [0.717, 1.165) is 12.1 Å². The summed E-state index contributed by atoms with van der Waals surface area (Å²) in [6.07, 6.45) is 3.67. The summed E-state index contributed by atoms with van der Waals surface area (Å²) in [4.78, 5) is 42.9. The summed E-state index contributed by atoms with van der Waals surface area (Å²) in [5.74, 6) is -0.728. The lowest BCUT2D eigenvalue weighted by Gasteiger charge is -2.17. The number of anilines is 3. The van der Waals surface area contributed by atoms with Gasteiger partial charge in [-0.3, -0.25) is 19.3 Å². The molecule has 8 nitrogen and oxygen atoms in total. The third-order valence-corrected chi connectivity index (χ3v) is 5.63. The van der Waals surface area contributed by atoms with Crippen molar-refractivity contribution in [1.82, 2.24) is 10.3 Å². The molecule has 0 aliphatic rings. The highest BCUT2D eigenvalue weighted by Gasteiger charge is 2.17. The van der Waals surface area contributed by atoms with Gasteiger partial charge < -0.3 is 15.4 Å². The molecule has 0 fully saturated rings. The molecule has 182 valence electrons. The first-order valence-corrected chi connectivity index (χ1v) is 12.1. The number of benzene rings is 2. The smallest absolute Gasteiger partial charge is 0.251 e. The van der Waals surface area contributed by atoms with Gasteiger partial charge in [0, 0.05) is 49.4 Å². The Hall–Kier alpha value is -3.82. The Bertz CT molecular complexity index is 1180. The van der Waals surface area contributed by atoms with Gasteiger partial charge in [-0.05, 0) is 49.8 Å². The Morgan fingerprint density at radius 1 is 1.11 bits per heavy atom. The number of carbonyl (C=O) groups is 3. The predicted molar refractivity (Wildman–Crippen MR) is 139 cm³/mol. The number of aromatic nitrogens is 1. The van der Waals surface area contributed by atoms with Crippen LogP contribution in [-0.2, 0) is 14.3 Å². The van der Waals surface area contributed by atoms with Gasteiger partial charge in [0.25, 0.3) is 5.91 Å². The Morgan fingerprint density at radius 3 is 2.66 bits per heavy atom. The van der Waals surface area contributed by atoms with Crippen LogP contribution in [0.3, 0.4) is 0 Å². The molecule has 0 aliphatic carbocycles. The monoisotopic (exact) mass is 492 g/mol. The Labute approximate surface area is 208 Å². The summed E-state index contributed by atoms with van der Waals surface area (Å²) in [6, 6.07) is 16.0. The van der Waals surface area contributed by atoms with Crippen molar-refractivity contribution < 1.29 is 19.1 Å². The summed E-state index contributed by atoms with van der Waals surface area (Å²) >= 11 is 1.31. The fourth-order valence-electron chi connectivity index (χ4n) is 3.17. The van der Waals surface area contributed by atoms with Gasteiger partial charge in [-0.1, -0.05) is 24.3 Å². The van der Waals surface area contributed by atoms with Crippen LogP contribution < -0.4 is 15.5 Å². The van der Waals surface area contributed by atoms with Gasteiger partial charge in [-0.25, -0.2) is 4.98 Å². The number of nitrogens with zero attached hydrogens (tertiary/aromatic N) is 2. The van der Waals surface area contributed by atoms with E-state index in [9.17, 15) is 14.4 Å². The third kappa shape index (κ3) is 7.87. The summed E-state index contributed by atoms with van der Waals surface area (Å²) in [7, 11) is 0. The largest absolute Gasteiger partial charge is 0.382 e. The Kier molecular flexibility index (Phi) is 9.70. The fraction of sp³-hybridized carbons (Fsp3) is 0.231. The minimum atomic E-state index is -0.361. The van der Waals surface area contributed by atoms with Crippen molar-refractivity contribution >= 4 is 51.6 Å². The van der Waals surface area contributed by atoms with Gasteiger partial charge in [-0.2, -0.15) is 0 Å². The molecule has 0 radical (unpaired) electrons. The van der Waals surface area contributed by atoms with Crippen LogP contribution in [-0.4, -0.2) is 42.5 Å². The Balaban J connectivity index is 1.58. The zero-order valence-corrected chi connectivity index (χ0v) is 20.5. The first kappa shape index (κ1) is 25.8. The van der Waals surface area contributed by atoms with Crippen molar-refractivity contribution in [2.75, 3.05) is 30.0 Å². The molecule has 1 heterocycles. The van der Waals surface area contributed by atoms with Crippen molar-refractivity contribution in [3.63, 3.8) is 0 Å². The van der Waals surface area contributed by atoms with Crippen LogP contribution in [0.1, 0.15) is 36.3 Å². The van der Waals surface area contributed by atoms with Crippen LogP contribution in [0, 0.1) is 0 Å². The second kappa shape index (κ2) is 13.2. The van der Waals surface area contributed by atoms with Crippen LogP contribution in [0.5, 0.6) is 0 Å². The maximum atomic E-state index is 12.4. The molecule has 0 atom stereocenters. The second-order valence-electron chi connectivity index (χ2n) is 7.45. The molecule has 9 heteroatoms. The topological polar surface area (TPSA) is 101 Å². The molecule has 2 aromatic carbocycles. The lowest BCUT2D eigenvalue weighted by molar-refractivity contribution is -0.116. The van der Waals surface area contributed by atoms with Gasteiger partial charge in [0.05, 0.1) is 11.4 Å². The van der Waals surface area contributed by atoms with Crippen molar-refractivity contribution in [3.8, 4) is 0 Å². The molecule has 0 spiro atoms. The third-order valence-electron chi connectivity index (χ3n) is 4.78. The van der Waals surface area contributed by atoms with Crippen LogP contribution in [0.2, 0.25) is 0 Å². The molecule has 0 aliphatic heterocycles. The van der Waals surface area contributed by atoms with Gasteiger partial charge >= 0.3 is 0 Å². The number of para-hydroxylation sites is 1. The molecule has 35 heavy (non-hydrogen) atoms. The maximum absolute atomic E-state index is 12.4. The normalized spacial score (nSPS) is 10.8. The first-order chi connectivity index (χ1) is 17.0. The molecule has 2 N–H and O–H groups in total. The summed E-state index contributed by atoms with van der Waals surface area (Å²) in [5, 5.41) is 7.88. The highest BCUT2D eigenvalue weighted by molar-refractivity contribution is 7.14. The second-order valence-corrected chi connectivity index (χ2v) is 8.29. The lowest BCUT2D eigenvalue weighted by atomic mass is 10.2. The van der Waals surface area contributed by atoms with E-state index in [0.29, 0.717) is 41.8 Å². The van der Waals surface area contributed by atoms with E-state index in [2.05, 4.69) is 15.6 Å². The SMILES string of the molecule is CCOCCCNC(=O)c1cccc(NC(=O)C=Cc2csc(N(C(C)=O)c3ccccc3)n2)c1. The van der Waals surface area contributed by atoms with E-state index in [-0.39, 0.29) is 17.7 Å². The molecule has 0 saturated carbocycles. The van der Waals surface area contributed by atoms with Crippen molar-refractivity contribution in [3.05, 3.63) is 77.3 Å². The van der Waals surface area contributed by atoms with Crippen LogP contribution in [0.4, 0.5) is 16.5 Å². The highest BCUT2D eigenvalue weighted by Crippen LogP contribution is 2.29. The van der Waals surface area contributed by atoms with E-state index in [4.69, 9.17) is 4.74 Å². The van der Waals surface area contributed by atoms with Crippen LogP contribution >= 0.6 is 11.3 Å². The zero-order chi connectivity index (χ0) is 25.0. The fourth-order valence-corrected chi connectivity index (χ4v) is 4.02. The van der Waals surface area contributed by atoms with Crippen molar-refractivity contribution in [2.24, 2.45) is 0 Å². The average Bonchev–Trinajstić information content (AvgIpc) is 3.31. The van der Waals surface area contributed by atoms with Gasteiger partial charge in [0.1, 0.15) is 0 Å². The first-order valence-electron chi connectivity index (χ1n) is 11.2. The number of hydrogen-bond donors (Lipinski definition) is 2. The number of carbonyl (C=O) groups excluding carboxylic acids is 3. The van der Waals surface area contributed by atoms with E-state index in [1.165, 1.54) is 29.2 Å². The van der Waals surface area contributed by atoms with E-state index in [1.807, 2.05) is 37.3 Å². The molecule has 3 amide bonds. The quantitative estimate of drug-likeness (QED) is 0.300. The van der Waals surface area contributed by atoms with E-state index >= 15 is 0 Å². The van der Waals surface area contributed by atoms with Crippen molar-refractivity contribution in [2.45, 2.75) is 20.3 Å². The molecule has 3 rings (SSSR count). The maximum Gasteiger partial charge on any atom is 0.251 e. The molecular formula is C26H28N4O4S. The van der Waals surface area contributed by atoms with Crippen molar-refractivity contribution in [1.29, 1.82) is 0 Å². The average molecular weight is 493 g/mol. The number of thiazole rings is 1. The number of amides is 3. The van der Waals surface area contributed by atoms with Crippen LogP contribution in [0.15, 0.2) is 66.1 Å². The predicted octanol–water partition coefficient (Wildman–Crippen LogP) is 4.64. The molecule has 0 saturated heterocycles. The highest BCUT2D eigenvalue weighted by atomic mass is 32.1. The number of nitrogens with one attached hydrogen (secondary N) is 2. The summed E-state index contributed by atoms with van der Waals surface area (Å²) in [6.45, 7) is 5.17. The lowest BCUT2D eigenvalue weighted by Crippen LogP contribution is -2.25. The Morgan fingerprint density at radius 2 is 1.91 bits per heavy atom. The van der Waals surface area contributed by atoms with E-state index in [1.54, 1.807) is 35.7 Å². The minimum absolute atomic E-state index is 0.156. The number of hydrogen-bond acceptors (Lipinski definition) is 6. The molecular weight excluding hydrogens is 464 g/mol.